The second-order valence-electron chi connectivity index (χ2n) is 2.87. The van der Waals surface area contributed by atoms with Crippen molar-refractivity contribution in [2.75, 3.05) is 0 Å². The summed E-state index contributed by atoms with van der Waals surface area (Å²) in [6.07, 6.45) is 2.12. The Kier molecular flexibility index (Phi) is 5.77. The largest absolute Gasteiger partial charge is 0.223 e. The smallest absolute Gasteiger partial charge is 0.0898 e. The van der Waals surface area contributed by atoms with Gasteiger partial charge in [-0.15, -0.1) is 0 Å². The molecule has 0 aliphatic rings. The van der Waals surface area contributed by atoms with Gasteiger partial charge in [0.05, 0.1) is 18.1 Å². The lowest BCUT2D eigenvalue weighted by molar-refractivity contribution is 0.704. The van der Waals surface area contributed by atoms with Crippen molar-refractivity contribution < 1.29 is 0 Å². The first kappa shape index (κ1) is 10.4. The van der Waals surface area contributed by atoms with Crippen molar-refractivity contribution in [3.05, 3.63) is 0 Å². The van der Waals surface area contributed by atoms with E-state index < -0.39 is 0 Å². The van der Waals surface area contributed by atoms with E-state index in [0.717, 1.165) is 12.8 Å². The minimum absolute atomic E-state index is 0.364. The molecule has 2 unspecified atom stereocenters. The van der Waals surface area contributed by atoms with E-state index in [4.69, 9.17) is 0 Å². The molecule has 0 spiro atoms. The molecular weight excluding hydrogens is 136 g/mol. The second kappa shape index (κ2) is 6.11. The SMILES string of the molecule is CCC(C)N=C=NC(C)CC. The van der Waals surface area contributed by atoms with Crippen molar-refractivity contribution in [1.29, 1.82) is 0 Å². The quantitative estimate of drug-likeness (QED) is 0.556. The van der Waals surface area contributed by atoms with Gasteiger partial charge in [0, 0.05) is 0 Å². The number of hydrogen-bond acceptors (Lipinski definition) is 2. The summed E-state index contributed by atoms with van der Waals surface area (Å²) in [5.41, 5.74) is 0. The van der Waals surface area contributed by atoms with E-state index in [-0.39, 0.29) is 0 Å². The molecule has 0 fully saturated rings. The van der Waals surface area contributed by atoms with Gasteiger partial charge in [0.2, 0.25) is 0 Å². The molecule has 11 heavy (non-hydrogen) atoms. The van der Waals surface area contributed by atoms with Gasteiger partial charge in [-0.05, 0) is 26.7 Å². The van der Waals surface area contributed by atoms with Crippen LogP contribution in [0.2, 0.25) is 0 Å². The zero-order valence-electron chi connectivity index (χ0n) is 7.96. The minimum Gasteiger partial charge on any atom is -0.223 e. The van der Waals surface area contributed by atoms with E-state index in [9.17, 15) is 0 Å². The van der Waals surface area contributed by atoms with E-state index in [1.807, 2.05) is 0 Å². The molecule has 0 aromatic rings. The van der Waals surface area contributed by atoms with Gasteiger partial charge in [-0.25, -0.2) is 9.98 Å². The molecule has 0 rings (SSSR count). The summed E-state index contributed by atoms with van der Waals surface area (Å²) in [4.78, 5) is 8.23. The minimum atomic E-state index is 0.364. The Labute approximate surface area is 69.4 Å². The molecule has 0 aliphatic carbocycles. The van der Waals surface area contributed by atoms with Crippen LogP contribution < -0.4 is 0 Å². The predicted octanol–water partition coefficient (Wildman–Crippen LogP) is 2.76. The topological polar surface area (TPSA) is 24.7 Å². The maximum absolute atomic E-state index is 4.11. The molecule has 0 N–H and O–H groups in total. The number of aliphatic imine (C=N–C) groups is 2. The fourth-order valence-electron chi connectivity index (χ4n) is 0.413. The maximum Gasteiger partial charge on any atom is 0.0898 e. The third-order valence-electron chi connectivity index (χ3n) is 1.74. The summed E-state index contributed by atoms with van der Waals surface area (Å²) >= 11 is 0. The summed E-state index contributed by atoms with van der Waals surface area (Å²) in [7, 11) is 0. The van der Waals surface area contributed by atoms with Crippen molar-refractivity contribution in [2.45, 2.75) is 52.6 Å². The second-order valence-corrected chi connectivity index (χ2v) is 2.87. The van der Waals surface area contributed by atoms with Crippen molar-refractivity contribution in [3.8, 4) is 0 Å². The first-order valence-electron chi connectivity index (χ1n) is 4.35. The third-order valence-corrected chi connectivity index (χ3v) is 1.74. The van der Waals surface area contributed by atoms with Crippen molar-refractivity contribution in [2.24, 2.45) is 9.98 Å². The number of rotatable bonds is 4. The highest BCUT2D eigenvalue weighted by atomic mass is 14.8. The molecule has 0 radical (unpaired) electrons. The summed E-state index contributed by atoms with van der Waals surface area (Å²) in [5.74, 6) is 0. The highest BCUT2D eigenvalue weighted by Gasteiger charge is 1.91. The van der Waals surface area contributed by atoms with E-state index in [1.165, 1.54) is 0 Å². The van der Waals surface area contributed by atoms with Gasteiger partial charge in [-0.1, -0.05) is 13.8 Å². The lowest BCUT2D eigenvalue weighted by atomic mass is 10.3. The Morgan fingerprint density at radius 1 is 1.00 bits per heavy atom. The van der Waals surface area contributed by atoms with Gasteiger partial charge in [-0.3, -0.25) is 0 Å². The van der Waals surface area contributed by atoms with E-state index in [2.05, 4.69) is 43.7 Å². The van der Waals surface area contributed by atoms with Crippen LogP contribution in [0.4, 0.5) is 0 Å². The molecule has 0 saturated carbocycles. The highest BCUT2D eigenvalue weighted by Crippen LogP contribution is 1.94. The van der Waals surface area contributed by atoms with Gasteiger partial charge in [0.1, 0.15) is 0 Å². The average molecular weight is 154 g/mol. The lowest BCUT2D eigenvalue weighted by Crippen LogP contribution is -1.95. The van der Waals surface area contributed by atoms with Crippen molar-refractivity contribution >= 4 is 6.01 Å². The van der Waals surface area contributed by atoms with E-state index >= 15 is 0 Å². The number of hydrogen-bond donors (Lipinski definition) is 0. The van der Waals surface area contributed by atoms with Crippen LogP contribution in [-0.2, 0) is 0 Å². The monoisotopic (exact) mass is 154 g/mol. The maximum atomic E-state index is 4.11. The van der Waals surface area contributed by atoms with Crippen LogP contribution in [0.5, 0.6) is 0 Å². The molecule has 0 bridgehead atoms. The van der Waals surface area contributed by atoms with Crippen LogP contribution in [0, 0.1) is 0 Å². The molecule has 0 heterocycles. The van der Waals surface area contributed by atoms with Crippen molar-refractivity contribution in [1.82, 2.24) is 0 Å². The Morgan fingerprint density at radius 3 is 1.64 bits per heavy atom. The average Bonchev–Trinajstić information content (AvgIpc) is 2.04. The molecule has 64 valence electrons. The Morgan fingerprint density at radius 2 is 1.36 bits per heavy atom. The van der Waals surface area contributed by atoms with Gasteiger partial charge < -0.3 is 0 Å². The molecule has 2 heteroatoms. The first-order valence-corrected chi connectivity index (χ1v) is 4.35. The molecule has 2 atom stereocenters. The van der Waals surface area contributed by atoms with Crippen LogP contribution in [-0.4, -0.2) is 18.1 Å². The Bertz CT molecular complexity index is 132. The fourth-order valence-corrected chi connectivity index (χ4v) is 0.413. The van der Waals surface area contributed by atoms with Crippen LogP contribution in [0.1, 0.15) is 40.5 Å². The summed E-state index contributed by atoms with van der Waals surface area (Å²) < 4.78 is 0. The summed E-state index contributed by atoms with van der Waals surface area (Å²) in [6.45, 7) is 8.36. The molecule has 0 saturated heterocycles. The van der Waals surface area contributed by atoms with Crippen molar-refractivity contribution in [3.63, 3.8) is 0 Å². The molecule has 0 aromatic heterocycles. The molecule has 0 aromatic carbocycles. The third kappa shape index (κ3) is 5.81. The number of nitrogens with zero attached hydrogens (tertiary/aromatic N) is 2. The van der Waals surface area contributed by atoms with E-state index in [1.54, 1.807) is 0 Å². The zero-order valence-corrected chi connectivity index (χ0v) is 7.96. The van der Waals surface area contributed by atoms with Gasteiger partial charge in [0.25, 0.3) is 0 Å². The van der Waals surface area contributed by atoms with Gasteiger partial charge >= 0.3 is 0 Å². The molecule has 2 nitrogen and oxygen atoms in total. The van der Waals surface area contributed by atoms with Crippen LogP contribution in [0.3, 0.4) is 0 Å². The molecule has 0 aliphatic heterocycles. The van der Waals surface area contributed by atoms with Crippen LogP contribution in [0.15, 0.2) is 9.98 Å². The first-order chi connectivity index (χ1) is 5.20. The summed E-state index contributed by atoms with van der Waals surface area (Å²) in [5, 5.41) is 0. The predicted molar refractivity (Wildman–Crippen MR) is 49.4 cm³/mol. The zero-order chi connectivity index (χ0) is 8.69. The Hall–Kier alpha value is -0.620. The van der Waals surface area contributed by atoms with Crippen LogP contribution in [0.25, 0.3) is 0 Å². The van der Waals surface area contributed by atoms with E-state index in [0.29, 0.717) is 12.1 Å². The Balaban J connectivity index is 3.79. The van der Waals surface area contributed by atoms with Crippen LogP contribution >= 0.6 is 0 Å². The molecule has 0 amide bonds. The fraction of sp³-hybridized carbons (Fsp3) is 0.889. The lowest BCUT2D eigenvalue weighted by Gasteiger charge is -1.97. The normalized spacial score (nSPS) is 14.9. The van der Waals surface area contributed by atoms with Gasteiger partial charge in [0.15, 0.2) is 0 Å². The van der Waals surface area contributed by atoms with Gasteiger partial charge in [-0.2, -0.15) is 0 Å². The molecular formula is C9H18N2. The highest BCUT2D eigenvalue weighted by molar-refractivity contribution is 5.41. The standard InChI is InChI=1S/C9H18N2/c1-5-8(3)10-7-11-9(4)6-2/h8-9H,5-6H2,1-4H3. The summed E-state index contributed by atoms with van der Waals surface area (Å²) in [6, 6.07) is 3.46.